The van der Waals surface area contributed by atoms with E-state index in [1.54, 1.807) is 53.9 Å². The molecule has 4 aromatic rings. The molecule has 0 aliphatic carbocycles. The Morgan fingerprint density at radius 2 is 1.82 bits per heavy atom. The lowest BCUT2D eigenvalue weighted by molar-refractivity contribution is -0.116. The van der Waals surface area contributed by atoms with Crippen molar-refractivity contribution in [3.8, 4) is 10.6 Å². The second-order valence-corrected chi connectivity index (χ2v) is 7.05. The maximum Gasteiger partial charge on any atom is 0.273 e. The Morgan fingerprint density at radius 3 is 2.54 bits per heavy atom. The number of thiazole rings is 1. The second-order valence-electron chi connectivity index (χ2n) is 6.16. The summed E-state index contributed by atoms with van der Waals surface area (Å²) in [5.41, 5.74) is 0.960. The Kier molecular flexibility index (Phi) is 4.86. The van der Waals surface area contributed by atoms with Gasteiger partial charge < -0.3 is 5.32 Å². The smallest absolute Gasteiger partial charge is 0.273 e. The maximum absolute atomic E-state index is 12.5. The number of H-pyrrole nitrogens is 1. The summed E-state index contributed by atoms with van der Waals surface area (Å²) < 4.78 is 1.18. The van der Waals surface area contributed by atoms with E-state index in [1.807, 2.05) is 17.5 Å². The van der Waals surface area contributed by atoms with Gasteiger partial charge >= 0.3 is 0 Å². The molecule has 0 saturated heterocycles. The van der Waals surface area contributed by atoms with Crippen LogP contribution < -0.4 is 16.4 Å². The molecule has 28 heavy (non-hydrogen) atoms. The van der Waals surface area contributed by atoms with Crippen molar-refractivity contribution >= 4 is 33.7 Å². The molecule has 4 rings (SSSR count). The number of aromatic amines is 1. The van der Waals surface area contributed by atoms with E-state index in [0.717, 1.165) is 10.6 Å². The van der Waals surface area contributed by atoms with Gasteiger partial charge in [0.1, 0.15) is 5.01 Å². The monoisotopic (exact) mass is 392 g/mol. The molecular formula is C20H16N4O3S. The highest BCUT2D eigenvalue weighted by atomic mass is 32.1. The number of rotatable bonds is 5. The number of carbonyl (C=O) groups is 1. The number of aryl methyl sites for hydroxylation is 1. The summed E-state index contributed by atoms with van der Waals surface area (Å²) in [4.78, 5) is 41.0. The molecule has 0 unspecified atom stereocenters. The summed E-state index contributed by atoms with van der Waals surface area (Å²) in [6, 6.07) is 14.0. The van der Waals surface area contributed by atoms with Crippen molar-refractivity contribution in [2.24, 2.45) is 0 Å². The molecular weight excluding hydrogens is 376 g/mol. The highest BCUT2D eigenvalue weighted by Crippen LogP contribution is 2.23. The average Bonchev–Trinajstić information content (AvgIpc) is 3.25. The summed E-state index contributed by atoms with van der Waals surface area (Å²) >= 11 is 1.54. The molecule has 2 N–H and O–H groups in total. The van der Waals surface area contributed by atoms with Crippen LogP contribution in [-0.4, -0.2) is 20.7 Å². The molecule has 140 valence electrons. The van der Waals surface area contributed by atoms with Gasteiger partial charge in [0.2, 0.25) is 5.91 Å². The number of hydrogen-bond acceptors (Lipinski definition) is 5. The van der Waals surface area contributed by atoms with E-state index in [0.29, 0.717) is 16.5 Å². The van der Waals surface area contributed by atoms with Crippen LogP contribution in [-0.2, 0) is 11.3 Å². The van der Waals surface area contributed by atoms with Gasteiger partial charge in [-0.15, -0.1) is 11.3 Å². The topological polar surface area (TPSA) is 96.9 Å². The molecule has 0 fully saturated rings. The van der Waals surface area contributed by atoms with Crippen LogP contribution in [0.2, 0.25) is 0 Å². The first kappa shape index (κ1) is 17.9. The SMILES string of the molecule is O=C(CCn1[nH]c(=O)c2ccccc2c1=O)Nc1ccc(-c2nccs2)cc1. The molecule has 0 atom stereocenters. The Balaban J connectivity index is 1.44. The molecule has 7 nitrogen and oxygen atoms in total. The third kappa shape index (κ3) is 3.63. The van der Waals surface area contributed by atoms with Gasteiger partial charge in [0.15, 0.2) is 0 Å². The van der Waals surface area contributed by atoms with E-state index in [1.165, 1.54) is 4.68 Å². The molecule has 2 aromatic carbocycles. The zero-order valence-corrected chi connectivity index (χ0v) is 15.5. The average molecular weight is 392 g/mol. The molecule has 0 saturated carbocycles. The quantitative estimate of drug-likeness (QED) is 0.546. The fourth-order valence-electron chi connectivity index (χ4n) is 2.90. The first-order valence-electron chi connectivity index (χ1n) is 8.63. The predicted molar refractivity (Wildman–Crippen MR) is 110 cm³/mol. The maximum atomic E-state index is 12.5. The van der Waals surface area contributed by atoms with E-state index in [2.05, 4.69) is 15.4 Å². The lowest BCUT2D eigenvalue weighted by Gasteiger charge is -2.08. The Morgan fingerprint density at radius 1 is 1.07 bits per heavy atom. The van der Waals surface area contributed by atoms with Crippen molar-refractivity contribution in [1.29, 1.82) is 0 Å². The minimum absolute atomic E-state index is 0.0580. The lowest BCUT2D eigenvalue weighted by Crippen LogP contribution is -2.31. The molecule has 2 heterocycles. The molecule has 0 radical (unpaired) electrons. The van der Waals surface area contributed by atoms with Crippen LogP contribution in [0.25, 0.3) is 21.3 Å². The summed E-state index contributed by atoms with van der Waals surface area (Å²) in [7, 11) is 0. The fraction of sp³-hybridized carbons (Fsp3) is 0.100. The van der Waals surface area contributed by atoms with Crippen molar-refractivity contribution in [1.82, 2.24) is 14.8 Å². The molecule has 0 bridgehead atoms. The molecule has 0 spiro atoms. The highest BCUT2D eigenvalue weighted by Gasteiger charge is 2.09. The van der Waals surface area contributed by atoms with Gasteiger partial charge in [0.25, 0.3) is 11.1 Å². The van der Waals surface area contributed by atoms with E-state index in [-0.39, 0.29) is 30.0 Å². The predicted octanol–water partition coefficient (Wildman–Crippen LogP) is 2.84. The first-order valence-corrected chi connectivity index (χ1v) is 9.51. The van der Waals surface area contributed by atoms with E-state index >= 15 is 0 Å². The third-order valence-corrected chi connectivity index (χ3v) is 5.12. The fourth-order valence-corrected chi connectivity index (χ4v) is 3.55. The molecule has 1 amide bonds. The number of nitrogens with zero attached hydrogens (tertiary/aromatic N) is 2. The minimum atomic E-state index is -0.353. The molecule has 2 aromatic heterocycles. The Bertz CT molecular complexity index is 1240. The zero-order valence-electron chi connectivity index (χ0n) is 14.7. The number of carbonyl (C=O) groups excluding carboxylic acids is 1. The van der Waals surface area contributed by atoms with Crippen LogP contribution in [0, 0.1) is 0 Å². The molecule has 8 heteroatoms. The number of anilines is 1. The second kappa shape index (κ2) is 7.61. The highest BCUT2D eigenvalue weighted by molar-refractivity contribution is 7.13. The van der Waals surface area contributed by atoms with Gasteiger partial charge in [-0.3, -0.25) is 19.5 Å². The van der Waals surface area contributed by atoms with Crippen LogP contribution in [0.5, 0.6) is 0 Å². The van der Waals surface area contributed by atoms with Crippen molar-refractivity contribution in [2.75, 3.05) is 5.32 Å². The van der Waals surface area contributed by atoms with Gasteiger partial charge in [-0.2, -0.15) is 0 Å². The number of amides is 1. The number of aromatic nitrogens is 3. The summed E-state index contributed by atoms with van der Waals surface area (Å²) in [5.74, 6) is -0.247. The summed E-state index contributed by atoms with van der Waals surface area (Å²) in [6.45, 7) is 0.0853. The van der Waals surface area contributed by atoms with Gasteiger partial charge in [-0.1, -0.05) is 12.1 Å². The standard InChI is InChI=1S/C20H16N4O3S/c25-17(22-14-7-5-13(6-8-14)19-21-10-12-28-19)9-11-24-20(27)16-4-2-1-3-15(16)18(26)23-24/h1-8,10,12H,9,11H2,(H,22,25)(H,23,26). The van der Waals surface area contributed by atoms with Crippen LogP contribution >= 0.6 is 11.3 Å². The van der Waals surface area contributed by atoms with Crippen LogP contribution in [0.4, 0.5) is 5.69 Å². The lowest BCUT2D eigenvalue weighted by atomic mass is 10.2. The summed E-state index contributed by atoms with van der Waals surface area (Å²) in [6.07, 6.45) is 1.80. The van der Waals surface area contributed by atoms with Crippen LogP contribution in [0.1, 0.15) is 6.42 Å². The first-order chi connectivity index (χ1) is 13.6. The van der Waals surface area contributed by atoms with Crippen molar-refractivity contribution in [2.45, 2.75) is 13.0 Å². The van der Waals surface area contributed by atoms with E-state index in [9.17, 15) is 14.4 Å². The van der Waals surface area contributed by atoms with E-state index < -0.39 is 0 Å². The van der Waals surface area contributed by atoms with Gasteiger partial charge in [-0.05, 0) is 36.4 Å². The summed E-state index contributed by atoms with van der Waals surface area (Å²) in [5, 5.41) is 8.82. The number of fused-ring (bicyclic) bond motifs is 1. The zero-order chi connectivity index (χ0) is 19.5. The third-order valence-electron chi connectivity index (χ3n) is 4.29. The largest absolute Gasteiger partial charge is 0.326 e. The van der Waals surface area contributed by atoms with E-state index in [4.69, 9.17) is 0 Å². The van der Waals surface area contributed by atoms with Gasteiger partial charge in [0.05, 0.1) is 17.3 Å². The van der Waals surface area contributed by atoms with Crippen LogP contribution in [0.3, 0.4) is 0 Å². The van der Waals surface area contributed by atoms with Gasteiger partial charge in [0, 0.05) is 29.2 Å². The molecule has 0 aliphatic rings. The number of nitrogens with one attached hydrogen (secondary N) is 2. The number of benzene rings is 2. The van der Waals surface area contributed by atoms with Gasteiger partial charge in [-0.25, -0.2) is 9.67 Å². The number of hydrogen-bond donors (Lipinski definition) is 2. The van der Waals surface area contributed by atoms with Crippen molar-refractivity contribution in [3.05, 3.63) is 80.8 Å². The van der Waals surface area contributed by atoms with Crippen molar-refractivity contribution < 1.29 is 4.79 Å². The molecule has 0 aliphatic heterocycles. The Labute approximate surface area is 163 Å². The Hall–Kier alpha value is -3.52. The van der Waals surface area contributed by atoms with Crippen molar-refractivity contribution in [3.63, 3.8) is 0 Å². The minimum Gasteiger partial charge on any atom is -0.326 e. The normalized spacial score (nSPS) is 10.9. The van der Waals surface area contributed by atoms with Crippen LogP contribution in [0.15, 0.2) is 69.7 Å².